The molecule has 16 heteroatoms. The van der Waals surface area contributed by atoms with E-state index in [-0.39, 0.29) is 32.9 Å². The lowest BCUT2D eigenvalue weighted by Crippen LogP contribution is -2.29. The zero-order chi connectivity index (χ0) is 34.9. The molecule has 0 unspecified atom stereocenters. The Morgan fingerprint density at radius 3 is 1.55 bits per heavy atom. The van der Waals surface area contributed by atoms with Gasteiger partial charge in [-0.05, 0) is 31.1 Å². The van der Waals surface area contributed by atoms with Gasteiger partial charge in [-0.15, -0.1) is 0 Å². The molecular weight excluding hydrogens is 653 g/mol. The fraction of sp³-hybridized carbons (Fsp3) is 0.714. The van der Waals surface area contributed by atoms with Gasteiger partial charge in [0, 0.05) is 34.2 Å². The molecule has 0 atom stereocenters. The first-order chi connectivity index (χ1) is 21.0. The van der Waals surface area contributed by atoms with Crippen LogP contribution in [0.25, 0.3) is 0 Å². The standard InChI is InChI=1S/C11H19NO4S.C7H9NO3.2C4H10OS.C2H6OS/c1-4-17-8-7-16-11(14)12-5-6-15-10(13)9(2)3;1-6(2)7(10)11-4-3-8-5-9;2*1-2-6-4-3-5;3-1-2-4/h2,4-8H2,1,3H3,(H,12,14);1,3-4H2,2H3;2*5H,2-4H2,1H3;3-4H,1-2H2. The number of thioether (sulfide) groups is 3. The van der Waals surface area contributed by atoms with E-state index in [2.05, 4.69) is 54.7 Å². The summed E-state index contributed by atoms with van der Waals surface area (Å²) >= 11 is 8.89. The van der Waals surface area contributed by atoms with Crippen molar-refractivity contribution in [1.82, 2.24) is 5.32 Å². The summed E-state index contributed by atoms with van der Waals surface area (Å²) in [6, 6.07) is 0. The van der Waals surface area contributed by atoms with E-state index in [0.29, 0.717) is 36.7 Å². The highest BCUT2D eigenvalue weighted by Crippen LogP contribution is 1.97. The first kappa shape index (κ1) is 51.9. The maximum absolute atomic E-state index is 11.1. The molecule has 0 aliphatic rings. The number of nitrogens with one attached hydrogen (secondary N) is 1. The molecular formula is C28H54N2O10S4. The minimum Gasteiger partial charge on any atom is -0.460 e. The quantitative estimate of drug-likeness (QED) is 0.0251. The fourth-order valence-corrected chi connectivity index (χ4v) is 2.90. The molecule has 0 aromatic rings. The van der Waals surface area contributed by atoms with Gasteiger partial charge in [-0.25, -0.2) is 24.2 Å². The van der Waals surface area contributed by atoms with Gasteiger partial charge in [0.1, 0.15) is 19.8 Å². The largest absolute Gasteiger partial charge is 0.460 e. The second-order valence-corrected chi connectivity index (χ2v) is 12.0. The van der Waals surface area contributed by atoms with Crippen LogP contribution in [0.3, 0.4) is 0 Å². The van der Waals surface area contributed by atoms with Gasteiger partial charge in [-0.1, -0.05) is 33.9 Å². The summed E-state index contributed by atoms with van der Waals surface area (Å²) < 4.78 is 14.2. The van der Waals surface area contributed by atoms with Crippen LogP contribution in [0.15, 0.2) is 29.3 Å². The summed E-state index contributed by atoms with van der Waals surface area (Å²) in [6.07, 6.45) is 0.839. The number of carbonyl (C=O) groups is 3. The van der Waals surface area contributed by atoms with Crippen LogP contribution in [-0.2, 0) is 28.6 Å². The predicted octanol–water partition coefficient (Wildman–Crippen LogP) is 3.40. The van der Waals surface area contributed by atoms with E-state index in [9.17, 15) is 19.2 Å². The highest BCUT2D eigenvalue weighted by molar-refractivity contribution is 7.99. The van der Waals surface area contributed by atoms with E-state index in [1.54, 1.807) is 49.1 Å². The molecule has 0 radical (unpaired) electrons. The molecule has 0 aromatic carbocycles. The number of nitrogens with zero attached hydrogens (tertiary/aromatic N) is 1. The van der Waals surface area contributed by atoms with Gasteiger partial charge in [0.05, 0.1) is 32.9 Å². The molecule has 0 aliphatic carbocycles. The van der Waals surface area contributed by atoms with Crippen molar-refractivity contribution in [2.75, 3.05) is 93.0 Å². The highest BCUT2D eigenvalue weighted by Gasteiger charge is 2.04. The molecule has 260 valence electrons. The summed E-state index contributed by atoms with van der Waals surface area (Å²) in [5.74, 6) is 5.43. The smallest absolute Gasteiger partial charge is 0.407 e. The highest BCUT2D eigenvalue weighted by atomic mass is 32.2. The van der Waals surface area contributed by atoms with Crippen LogP contribution < -0.4 is 5.32 Å². The number of thiol groups is 1. The zero-order valence-corrected chi connectivity index (χ0v) is 30.2. The number of carbonyl (C=O) groups excluding carboxylic acids is 4. The van der Waals surface area contributed by atoms with Crippen LogP contribution in [0.5, 0.6) is 0 Å². The van der Waals surface area contributed by atoms with Crippen LogP contribution in [-0.4, -0.2) is 132 Å². The van der Waals surface area contributed by atoms with Crippen molar-refractivity contribution < 1.29 is 48.7 Å². The molecule has 0 saturated heterocycles. The molecule has 4 N–H and O–H groups in total. The van der Waals surface area contributed by atoms with E-state index < -0.39 is 18.0 Å². The second kappa shape index (κ2) is 48.3. The second-order valence-electron chi connectivity index (χ2n) is 7.35. The lowest BCUT2D eigenvalue weighted by molar-refractivity contribution is -0.139. The number of aliphatic hydroxyl groups excluding tert-OH is 3. The minimum atomic E-state index is -0.493. The predicted molar refractivity (Wildman–Crippen MR) is 188 cm³/mol. The number of alkyl carbamates (subject to hydrolysis) is 1. The van der Waals surface area contributed by atoms with Gasteiger partial charge in [-0.2, -0.15) is 47.9 Å². The summed E-state index contributed by atoms with van der Waals surface area (Å²) in [6.45, 7) is 17.9. The van der Waals surface area contributed by atoms with E-state index in [1.807, 2.05) is 6.92 Å². The van der Waals surface area contributed by atoms with Crippen LogP contribution in [0.1, 0.15) is 34.6 Å². The van der Waals surface area contributed by atoms with Crippen molar-refractivity contribution in [2.45, 2.75) is 34.6 Å². The molecule has 44 heavy (non-hydrogen) atoms. The van der Waals surface area contributed by atoms with Crippen LogP contribution in [0.2, 0.25) is 0 Å². The molecule has 12 nitrogen and oxygen atoms in total. The minimum absolute atomic E-state index is 0.0981. The van der Waals surface area contributed by atoms with Gasteiger partial charge < -0.3 is 34.8 Å². The molecule has 0 spiro atoms. The number of isocyanates is 1. The maximum Gasteiger partial charge on any atom is 0.407 e. The van der Waals surface area contributed by atoms with Gasteiger partial charge in [0.25, 0.3) is 0 Å². The Morgan fingerprint density at radius 2 is 1.20 bits per heavy atom. The van der Waals surface area contributed by atoms with Crippen molar-refractivity contribution in [1.29, 1.82) is 0 Å². The summed E-state index contributed by atoms with van der Waals surface area (Å²) in [5, 5.41) is 26.6. The summed E-state index contributed by atoms with van der Waals surface area (Å²) in [4.78, 5) is 45.4. The molecule has 0 aromatic heterocycles. The third kappa shape index (κ3) is 59.7. The van der Waals surface area contributed by atoms with Gasteiger partial charge in [-0.3, -0.25) is 0 Å². The van der Waals surface area contributed by atoms with Crippen LogP contribution in [0.4, 0.5) is 4.79 Å². The number of aliphatic hydroxyl groups is 3. The molecule has 0 bridgehead atoms. The molecule has 0 aliphatic heterocycles. The van der Waals surface area contributed by atoms with Crippen molar-refractivity contribution in [3.05, 3.63) is 24.3 Å². The van der Waals surface area contributed by atoms with Crippen molar-refractivity contribution >= 4 is 72.0 Å². The van der Waals surface area contributed by atoms with Gasteiger partial charge in [0.15, 0.2) is 0 Å². The third-order valence-electron chi connectivity index (χ3n) is 3.45. The Hall–Kier alpha value is -1.65. The Morgan fingerprint density at radius 1 is 0.773 bits per heavy atom. The number of esters is 2. The van der Waals surface area contributed by atoms with E-state index >= 15 is 0 Å². The number of ether oxygens (including phenoxy) is 3. The lowest BCUT2D eigenvalue weighted by atomic mass is 10.4. The SMILES string of the molecule is C=C(C)C(=O)OCCN=C=O.C=C(C)C(=O)OCCNC(=O)OCCSCC.CCSCCO.CCSCCO.OCCS. The lowest BCUT2D eigenvalue weighted by Gasteiger charge is -2.07. The van der Waals surface area contributed by atoms with Gasteiger partial charge >= 0.3 is 18.0 Å². The topological polar surface area (TPSA) is 181 Å². The van der Waals surface area contributed by atoms with E-state index in [0.717, 1.165) is 34.5 Å². The Labute approximate surface area is 282 Å². The maximum atomic E-state index is 11.1. The summed E-state index contributed by atoms with van der Waals surface area (Å²) in [5.41, 5.74) is 0.671. The van der Waals surface area contributed by atoms with Crippen LogP contribution >= 0.6 is 47.9 Å². The average molecular weight is 707 g/mol. The number of hydrogen-bond acceptors (Lipinski definition) is 15. The molecule has 1 amide bonds. The van der Waals surface area contributed by atoms with Crippen molar-refractivity contribution in [3.8, 4) is 0 Å². The van der Waals surface area contributed by atoms with Crippen molar-refractivity contribution in [2.24, 2.45) is 4.99 Å². The van der Waals surface area contributed by atoms with Gasteiger partial charge in [0.2, 0.25) is 6.08 Å². The Kier molecular flexibility index (Phi) is 56.9. The Balaban J connectivity index is -0.000000160. The fourth-order valence-electron chi connectivity index (χ4n) is 1.58. The van der Waals surface area contributed by atoms with Crippen molar-refractivity contribution in [3.63, 3.8) is 0 Å². The van der Waals surface area contributed by atoms with E-state index in [1.165, 1.54) is 6.08 Å². The summed E-state index contributed by atoms with van der Waals surface area (Å²) in [7, 11) is 0. The monoisotopic (exact) mass is 706 g/mol. The zero-order valence-electron chi connectivity index (χ0n) is 26.8. The molecule has 0 rings (SSSR count). The first-order valence-corrected chi connectivity index (χ1v) is 17.9. The number of amides is 1. The first-order valence-electron chi connectivity index (χ1n) is 13.8. The third-order valence-corrected chi connectivity index (χ3v) is 6.27. The Bertz CT molecular complexity index is 723. The molecule has 0 fully saturated rings. The number of hydrogen-bond donors (Lipinski definition) is 5. The number of aliphatic imine (C=N–C) groups is 1. The van der Waals surface area contributed by atoms with E-state index in [4.69, 9.17) is 24.8 Å². The van der Waals surface area contributed by atoms with Crippen LogP contribution in [0, 0.1) is 0 Å². The number of rotatable bonds is 19. The average Bonchev–Trinajstić information content (AvgIpc) is 3.02. The molecule has 0 heterocycles. The molecule has 0 saturated carbocycles. The normalized spacial score (nSPS) is 8.84.